The normalized spacial score (nSPS) is 12.2. The first-order valence-corrected chi connectivity index (χ1v) is 6.28. The van der Waals surface area contributed by atoms with E-state index in [0.29, 0.717) is 5.56 Å². The van der Waals surface area contributed by atoms with Gasteiger partial charge in [-0.1, -0.05) is 41.4 Å². The van der Waals surface area contributed by atoms with Crippen LogP contribution in [-0.4, -0.2) is 20.5 Å². The second-order valence-electron chi connectivity index (χ2n) is 4.44. The molecule has 0 amide bonds. The minimum Gasteiger partial charge on any atom is -0.358 e. The fourth-order valence-electron chi connectivity index (χ4n) is 1.76. The van der Waals surface area contributed by atoms with Crippen LogP contribution in [0, 0.1) is 17.0 Å². The first-order chi connectivity index (χ1) is 9.40. The monoisotopic (exact) mass is 293 g/mol. The van der Waals surface area contributed by atoms with Crippen molar-refractivity contribution in [1.29, 1.82) is 0 Å². The van der Waals surface area contributed by atoms with E-state index in [9.17, 15) is 14.9 Å². The van der Waals surface area contributed by atoms with E-state index in [2.05, 4.69) is 5.10 Å². The van der Waals surface area contributed by atoms with Crippen LogP contribution in [0.25, 0.3) is 0 Å². The summed E-state index contributed by atoms with van der Waals surface area (Å²) in [7, 11) is 0. The van der Waals surface area contributed by atoms with Gasteiger partial charge in [0.2, 0.25) is 0 Å². The van der Waals surface area contributed by atoms with Crippen LogP contribution in [0.1, 0.15) is 28.9 Å². The van der Waals surface area contributed by atoms with E-state index in [-0.39, 0.29) is 10.8 Å². The van der Waals surface area contributed by atoms with Gasteiger partial charge < -0.3 is 10.1 Å². The standard InChI is InChI=1S/C13H12ClN3O3/c1-8-3-5-10(6-4-8)12(18)9(2)16-7-11(14)13(15-16)17(19)20/h3-7,9H,1-2H3. The van der Waals surface area contributed by atoms with Crippen molar-refractivity contribution >= 4 is 23.2 Å². The molecule has 7 heteroatoms. The van der Waals surface area contributed by atoms with Crippen LogP contribution < -0.4 is 0 Å². The van der Waals surface area contributed by atoms with E-state index in [1.807, 2.05) is 19.1 Å². The summed E-state index contributed by atoms with van der Waals surface area (Å²) in [5, 5.41) is 14.3. The molecule has 0 saturated heterocycles. The van der Waals surface area contributed by atoms with Gasteiger partial charge >= 0.3 is 5.82 Å². The molecular formula is C13H12ClN3O3. The Labute approximate surface area is 120 Å². The fourth-order valence-corrected chi connectivity index (χ4v) is 1.97. The summed E-state index contributed by atoms with van der Waals surface area (Å²) in [5.41, 5.74) is 1.57. The van der Waals surface area contributed by atoms with Crippen molar-refractivity contribution in [2.45, 2.75) is 19.9 Å². The van der Waals surface area contributed by atoms with Gasteiger partial charge in [0.25, 0.3) is 0 Å². The lowest BCUT2D eigenvalue weighted by Gasteiger charge is -2.07. The number of benzene rings is 1. The third-order valence-corrected chi connectivity index (χ3v) is 3.22. The maximum Gasteiger partial charge on any atom is 0.408 e. The molecule has 2 rings (SSSR count). The number of carbonyl (C=O) groups is 1. The largest absolute Gasteiger partial charge is 0.408 e. The molecule has 1 atom stereocenters. The number of rotatable bonds is 4. The van der Waals surface area contributed by atoms with E-state index in [1.165, 1.54) is 10.9 Å². The molecule has 1 aromatic heterocycles. The summed E-state index contributed by atoms with van der Waals surface area (Å²) in [4.78, 5) is 22.3. The predicted molar refractivity (Wildman–Crippen MR) is 74.1 cm³/mol. The predicted octanol–water partition coefficient (Wildman–Crippen LogP) is 3.20. The molecular weight excluding hydrogens is 282 g/mol. The van der Waals surface area contributed by atoms with E-state index in [1.54, 1.807) is 19.1 Å². The molecule has 0 aliphatic rings. The zero-order chi connectivity index (χ0) is 14.9. The molecule has 1 aromatic carbocycles. The van der Waals surface area contributed by atoms with Crippen molar-refractivity contribution in [2.75, 3.05) is 0 Å². The van der Waals surface area contributed by atoms with Gasteiger partial charge in [-0.2, -0.15) is 4.68 Å². The molecule has 20 heavy (non-hydrogen) atoms. The second-order valence-corrected chi connectivity index (χ2v) is 4.85. The van der Waals surface area contributed by atoms with E-state index in [0.717, 1.165) is 5.56 Å². The van der Waals surface area contributed by atoms with Gasteiger partial charge in [0.05, 0.1) is 11.3 Å². The van der Waals surface area contributed by atoms with Gasteiger partial charge in [-0.3, -0.25) is 4.79 Å². The summed E-state index contributed by atoms with van der Waals surface area (Å²) in [6, 6.07) is 6.43. The Kier molecular flexibility index (Phi) is 3.85. The maximum absolute atomic E-state index is 12.3. The summed E-state index contributed by atoms with van der Waals surface area (Å²) < 4.78 is 1.21. The number of hydrogen-bond acceptors (Lipinski definition) is 4. The number of ketones is 1. The number of nitro groups is 1. The number of Topliss-reactive ketones (excluding diaryl/α,β-unsaturated/α-hetero) is 1. The lowest BCUT2D eigenvalue weighted by Crippen LogP contribution is -2.17. The zero-order valence-electron chi connectivity index (χ0n) is 10.9. The smallest absolute Gasteiger partial charge is 0.358 e. The number of carbonyl (C=O) groups excluding carboxylic acids is 1. The van der Waals surface area contributed by atoms with Gasteiger partial charge in [0.1, 0.15) is 6.04 Å². The van der Waals surface area contributed by atoms with Crippen LogP contribution in [-0.2, 0) is 0 Å². The van der Waals surface area contributed by atoms with Crippen LogP contribution in [0.3, 0.4) is 0 Å². The molecule has 0 saturated carbocycles. The summed E-state index contributed by atoms with van der Waals surface area (Å²) in [5.74, 6) is -0.630. The minimum absolute atomic E-state index is 0.0847. The molecule has 0 aliphatic carbocycles. The molecule has 1 heterocycles. The molecule has 0 aliphatic heterocycles. The van der Waals surface area contributed by atoms with Crippen LogP contribution in [0.2, 0.25) is 5.02 Å². The lowest BCUT2D eigenvalue weighted by molar-refractivity contribution is -0.389. The van der Waals surface area contributed by atoms with E-state index >= 15 is 0 Å². The molecule has 104 valence electrons. The quantitative estimate of drug-likeness (QED) is 0.492. The molecule has 0 N–H and O–H groups in total. The fraction of sp³-hybridized carbons (Fsp3) is 0.231. The molecule has 0 spiro atoms. The minimum atomic E-state index is -0.679. The number of hydrogen-bond donors (Lipinski definition) is 0. The number of halogens is 1. The van der Waals surface area contributed by atoms with E-state index < -0.39 is 16.8 Å². The highest BCUT2D eigenvalue weighted by Crippen LogP contribution is 2.24. The average molecular weight is 294 g/mol. The van der Waals surface area contributed by atoms with Crippen LogP contribution in [0.5, 0.6) is 0 Å². The number of nitrogens with zero attached hydrogens (tertiary/aromatic N) is 3. The summed E-state index contributed by atoms with van der Waals surface area (Å²) >= 11 is 5.72. The number of aryl methyl sites for hydroxylation is 1. The van der Waals surface area contributed by atoms with E-state index in [4.69, 9.17) is 11.6 Å². The highest BCUT2D eigenvalue weighted by Gasteiger charge is 2.26. The molecule has 0 radical (unpaired) electrons. The highest BCUT2D eigenvalue weighted by molar-refractivity contribution is 6.32. The van der Waals surface area contributed by atoms with Gasteiger partial charge in [-0.05, 0) is 18.8 Å². The van der Waals surface area contributed by atoms with Gasteiger partial charge in [0, 0.05) is 5.56 Å². The Morgan fingerprint density at radius 1 is 1.40 bits per heavy atom. The molecule has 6 nitrogen and oxygen atoms in total. The summed E-state index contributed by atoms with van der Waals surface area (Å²) in [6.07, 6.45) is 1.29. The highest BCUT2D eigenvalue weighted by atomic mass is 35.5. The van der Waals surface area contributed by atoms with Crippen LogP contribution in [0.4, 0.5) is 5.82 Å². The third kappa shape index (κ3) is 2.70. The zero-order valence-corrected chi connectivity index (χ0v) is 11.7. The molecule has 2 aromatic rings. The summed E-state index contributed by atoms with van der Waals surface area (Å²) in [6.45, 7) is 3.55. The average Bonchev–Trinajstić information content (AvgIpc) is 2.80. The Hall–Kier alpha value is -2.21. The first kappa shape index (κ1) is 14.2. The van der Waals surface area contributed by atoms with Crippen LogP contribution in [0.15, 0.2) is 30.5 Å². The van der Waals surface area contributed by atoms with Crippen LogP contribution >= 0.6 is 11.6 Å². The Morgan fingerprint density at radius 2 is 2.00 bits per heavy atom. The third-order valence-electron chi connectivity index (χ3n) is 2.95. The van der Waals surface area contributed by atoms with Gasteiger partial charge in [-0.15, -0.1) is 0 Å². The Bertz CT molecular complexity index is 664. The Morgan fingerprint density at radius 3 is 2.50 bits per heavy atom. The molecule has 1 unspecified atom stereocenters. The SMILES string of the molecule is Cc1ccc(C(=O)C(C)n2cc(Cl)c([N+](=O)[O-])n2)cc1. The second kappa shape index (κ2) is 5.42. The van der Waals surface area contributed by atoms with Crippen molar-refractivity contribution in [3.63, 3.8) is 0 Å². The first-order valence-electron chi connectivity index (χ1n) is 5.90. The molecule has 0 bridgehead atoms. The van der Waals surface area contributed by atoms with Gasteiger partial charge in [0.15, 0.2) is 10.8 Å². The van der Waals surface area contributed by atoms with Crippen molar-refractivity contribution in [1.82, 2.24) is 9.78 Å². The Balaban J connectivity index is 2.29. The number of aromatic nitrogens is 2. The lowest BCUT2D eigenvalue weighted by atomic mass is 10.0. The van der Waals surface area contributed by atoms with Crippen molar-refractivity contribution < 1.29 is 9.72 Å². The van der Waals surface area contributed by atoms with Crippen molar-refractivity contribution in [2.24, 2.45) is 0 Å². The van der Waals surface area contributed by atoms with Crippen molar-refractivity contribution in [3.05, 3.63) is 56.7 Å². The maximum atomic E-state index is 12.3. The topological polar surface area (TPSA) is 78.0 Å². The molecule has 0 fully saturated rings. The van der Waals surface area contributed by atoms with Gasteiger partial charge in [-0.25, -0.2) is 0 Å². The van der Waals surface area contributed by atoms with Crippen molar-refractivity contribution in [3.8, 4) is 0 Å².